The van der Waals surface area contributed by atoms with E-state index in [-0.39, 0.29) is 47.3 Å². The van der Waals surface area contributed by atoms with Crippen LogP contribution in [-0.4, -0.2) is 103 Å². The Bertz CT molecular complexity index is 1390. The van der Waals surface area contributed by atoms with Crippen LogP contribution in [0.15, 0.2) is 47.4 Å². The number of morpholine rings is 1. The van der Waals surface area contributed by atoms with Crippen LogP contribution in [0.25, 0.3) is 0 Å². The van der Waals surface area contributed by atoms with Gasteiger partial charge < -0.3 is 14.5 Å². The predicted molar refractivity (Wildman–Crippen MR) is 148 cm³/mol. The molecule has 3 heterocycles. The quantitative estimate of drug-likeness (QED) is 0.498. The molecule has 3 saturated heterocycles. The summed E-state index contributed by atoms with van der Waals surface area (Å²) in [6.45, 7) is 5.28. The average Bonchev–Trinajstić information content (AvgIpc) is 2.91. The highest BCUT2D eigenvalue weighted by molar-refractivity contribution is 7.89. The number of sulfonamides is 1. The molecule has 0 aromatic heterocycles. The highest BCUT2D eigenvalue weighted by Gasteiger charge is 2.55. The number of piperazine rings is 1. The second-order valence-electron chi connectivity index (χ2n) is 10.5. The van der Waals surface area contributed by atoms with Crippen molar-refractivity contribution in [2.75, 3.05) is 39.4 Å². The van der Waals surface area contributed by atoms with Gasteiger partial charge in [-0.05, 0) is 49.7 Å². The summed E-state index contributed by atoms with van der Waals surface area (Å²) in [4.78, 5) is 32.9. The molecule has 2 amide bonds. The van der Waals surface area contributed by atoms with Gasteiger partial charge in [-0.3, -0.25) is 14.5 Å². The Hall–Kier alpha value is -2.28. The lowest BCUT2D eigenvalue weighted by atomic mass is 9.96. The van der Waals surface area contributed by atoms with Crippen LogP contribution in [0, 0.1) is 5.82 Å². The van der Waals surface area contributed by atoms with E-state index in [4.69, 9.17) is 27.9 Å². The molecule has 5 rings (SSSR count). The van der Waals surface area contributed by atoms with Crippen molar-refractivity contribution >= 4 is 45.0 Å². The predicted octanol–water partition coefficient (Wildman–Crippen LogP) is 2.85. The molecule has 0 N–H and O–H groups in total. The van der Waals surface area contributed by atoms with E-state index in [1.54, 1.807) is 17.0 Å². The summed E-state index contributed by atoms with van der Waals surface area (Å²) >= 11 is 12.4. The minimum atomic E-state index is -4.24. The Balaban J connectivity index is 1.62. The molecular formula is C27H31Cl2FN4O5S. The van der Waals surface area contributed by atoms with E-state index in [9.17, 15) is 22.4 Å². The Morgan fingerprint density at radius 1 is 1.00 bits per heavy atom. The summed E-state index contributed by atoms with van der Waals surface area (Å²) in [5.74, 6) is -1.02. The topological polar surface area (TPSA) is 90.5 Å². The molecule has 3 aliphatic heterocycles. The van der Waals surface area contributed by atoms with Gasteiger partial charge in [0, 0.05) is 37.1 Å². The molecular weight excluding hydrogens is 582 g/mol. The minimum absolute atomic E-state index is 0.00241. The molecule has 0 saturated carbocycles. The summed E-state index contributed by atoms with van der Waals surface area (Å²) in [6, 6.07) is 7.86. The number of benzene rings is 2. The maximum atomic E-state index is 14.2. The van der Waals surface area contributed by atoms with Crippen molar-refractivity contribution in [2.24, 2.45) is 0 Å². The van der Waals surface area contributed by atoms with E-state index in [0.717, 1.165) is 0 Å². The summed E-state index contributed by atoms with van der Waals surface area (Å²) in [6.07, 6.45) is -0.859. The Morgan fingerprint density at radius 2 is 1.68 bits per heavy atom. The Labute approximate surface area is 243 Å². The molecule has 3 aliphatic rings. The number of fused-ring (bicyclic) bond motifs is 1. The fourth-order valence-electron chi connectivity index (χ4n) is 5.67. The summed E-state index contributed by atoms with van der Waals surface area (Å²) in [5, 5.41) is 0.258. The maximum absolute atomic E-state index is 14.2. The van der Waals surface area contributed by atoms with Crippen LogP contribution in [-0.2, 0) is 30.8 Å². The molecule has 3 atom stereocenters. The first-order chi connectivity index (χ1) is 19.0. The molecule has 0 radical (unpaired) electrons. The van der Waals surface area contributed by atoms with Crippen LogP contribution in [0.4, 0.5) is 4.39 Å². The van der Waals surface area contributed by atoms with Gasteiger partial charge in [-0.2, -0.15) is 4.31 Å². The molecule has 2 aromatic rings. The second-order valence-corrected chi connectivity index (χ2v) is 13.2. The fourth-order valence-corrected chi connectivity index (χ4v) is 7.99. The van der Waals surface area contributed by atoms with E-state index in [2.05, 4.69) is 0 Å². The zero-order valence-electron chi connectivity index (χ0n) is 22.2. The second kappa shape index (κ2) is 11.5. The average molecular weight is 614 g/mol. The van der Waals surface area contributed by atoms with Gasteiger partial charge in [-0.15, -0.1) is 0 Å². The third kappa shape index (κ3) is 5.47. The van der Waals surface area contributed by atoms with E-state index in [1.807, 2.05) is 18.7 Å². The molecule has 9 nitrogen and oxygen atoms in total. The molecule has 3 unspecified atom stereocenters. The number of amides is 2. The van der Waals surface area contributed by atoms with Crippen molar-refractivity contribution in [3.8, 4) is 0 Å². The Morgan fingerprint density at radius 3 is 2.30 bits per heavy atom. The standard InChI is InChI=1S/C27H31Cl2FN4O5S/c1-17(2)32-16-25-33(40(37,38)24-8-5-19(28)14-21(24)29)15-23(31-9-11-39-12-10-31)27(36)34(25)22(26(32)35)13-18-3-6-20(30)7-4-18/h3-8,14,17,22-23,25H,9-13,15-16H2,1-2H3. The lowest BCUT2D eigenvalue weighted by Crippen LogP contribution is -2.76. The number of hydrogen-bond acceptors (Lipinski definition) is 6. The first-order valence-corrected chi connectivity index (χ1v) is 15.3. The number of carbonyl (C=O) groups excluding carboxylic acids is 2. The summed E-state index contributed by atoms with van der Waals surface area (Å²) in [5.41, 5.74) is 0.653. The highest BCUT2D eigenvalue weighted by atomic mass is 35.5. The smallest absolute Gasteiger partial charge is 0.246 e. The summed E-state index contributed by atoms with van der Waals surface area (Å²) < 4.78 is 48.9. The monoisotopic (exact) mass is 612 g/mol. The number of rotatable bonds is 6. The van der Waals surface area contributed by atoms with Gasteiger partial charge in [-0.1, -0.05) is 35.3 Å². The van der Waals surface area contributed by atoms with E-state index in [0.29, 0.717) is 36.9 Å². The molecule has 13 heteroatoms. The molecule has 0 spiro atoms. The van der Waals surface area contributed by atoms with E-state index in [1.165, 1.54) is 39.5 Å². The fraction of sp³-hybridized carbons (Fsp3) is 0.481. The van der Waals surface area contributed by atoms with Crippen molar-refractivity contribution in [1.82, 2.24) is 19.0 Å². The van der Waals surface area contributed by atoms with Crippen molar-refractivity contribution in [3.63, 3.8) is 0 Å². The SMILES string of the molecule is CC(C)N1CC2N(C(=O)C(N3CCOCC3)CN2S(=O)(=O)c2ccc(Cl)cc2Cl)C(Cc2ccc(F)cc2)C1=O. The van der Waals surface area contributed by atoms with Gasteiger partial charge >= 0.3 is 0 Å². The summed E-state index contributed by atoms with van der Waals surface area (Å²) in [7, 11) is -4.24. The number of hydrogen-bond donors (Lipinski definition) is 0. The lowest BCUT2D eigenvalue weighted by molar-refractivity contribution is -0.173. The van der Waals surface area contributed by atoms with Gasteiger partial charge in [0.1, 0.15) is 29.0 Å². The molecule has 40 heavy (non-hydrogen) atoms. The van der Waals surface area contributed by atoms with Crippen molar-refractivity contribution < 1.29 is 27.1 Å². The van der Waals surface area contributed by atoms with Crippen LogP contribution in [0.2, 0.25) is 10.0 Å². The van der Waals surface area contributed by atoms with E-state index >= 15 is 0 Å². The zero-order valence-corrected chi connectivity index (χ0v) is 24.5. The van der Waals surface area contributed by atoms with Crippen LogP contribution in [0.3, 0.4) is 0 Å². The number of nitrogens with zero attached hydrogens (tertiary/aromatic N) is 4. The molecule has 2 aromatic carbocycles. The van der Waals surface area contributed by atoms with Gasteiger partial charge in [0.05, 0.1) is 24.8 Å². The van der Waals surface area contributed by atoms with Crippen molar-refractivity contribution in [1.29, 1.82) is 0 Å². The van der Waals surface area contributed by atoms with Gasteiger partial charge in [0.25, 0.3) is 0 Å². The minimum Gasteiger partial charge on any atom is -0.379 e. The highest BCUT2D eigenvalue weighted by Crippen LogP contribution is 2.36. The van der Waals surface area contributed by atoms with Crippen LogP contribution in [0.1, 0.15) is 19.4 Å². The third-order valence-electron chi connectivity index (χ3n) is 7.74. The molecule has 0 aliphatic carbocycles. The van der Waals surface area contributed by atoms with Crippen molar-refractivity contribution in [2.45, 2.75) is 49.5 Å². The van der Waals surface area contributed by atoms with Crippen LogP contribution in [0.5, 0.6) is 0 Å². The van der Waals surface area contributed by atoms with E-state index < -0.39 is 34.1 Å². The van der Waals surface area contributed by atoms with Gasteiger partial charge in [-0.25, -0.2) is 12.8 Å². The largest absolute Gasteiger partial charge is 0.379 e. The number of carbonyl (C=O) groups is 2. The van der Waals surface area contributed by atoms with Gasteiger partial charge in [0.2, 0.25) is 21.8 Å². The molecule has 216 valence electrons. The Kier molecular flexibility index (Phi) is 8.43. The van der Waals surface area contributed by atoms with Gasteiger partial charge in [0.15, 0.2) is 0 Å². The number of halogens is 3. The normalized spacial score (nSPS) is 25.0. The number of ether oxygens (including phenoxy) is 1. The first kappa shape index (κ1) is 29.2. The molecule has 3 fully saturated rings. The first-order valence-electron chi connectivity index (χ1n) is 13.1. The van der Waals surface area contributed by atoms with Crippen LogP contribution >= 0.6 is 23.2 Å². The lowest BCUT2D eigenvalue weighted by Gasteiger charge is -2.55. The van der Waals surface area contributed by atoms with Crippen LogP contribution < -0.4 is 0 Å². The molecule has 0 bridgehead atoms. The zero-order chi connectivity index (χ0) is 28.8. The van der Waals surface area contributed by atoms with Crippen molar-refractivity contribution in [3.05, 3.63) is 63.9 Å². The third-order valence-corrected chi connectivity index (χ3v) is 10.3. The maximum Gasteiger partial charge on any atom is 0.246 e.